The number of carbonyl (C=O) groups excluding carboxylic acids is 1. The van der Waals surface area contributed by atoms with Gasteiger partial charge in [-0.15, -0.1) is 0 Å². The van der Waals surface area contributed by atoms with Crippen LogP contribution in [-0.2, 0) is 6.42 Å². The SMILES string of the molecule is COc1cc(Cl)ccc1C(=O)Cc1ccc(Cl)cc1F. The van der Waals surface area contributed by atoms with E-state index in [0.717, 1.165) is 0 Å². The minimum absolute atomic E-state index is 0.0685. The van der Waals surface area contributed by atoms with Crippen LogP contribution in [0.5, 0.6) is 5.75 Å². The Kier molecular flexibility index (Phi) is 4.63. The third kappa shape index (κ3) is 3.30. The predicted octanol–water partition coefficient (Wildman–Crippen LogP) is 4.57. The molecular formula is C15H11Cl2FO2. The van der Waals surface area contributed by atoms with Crippen molar-refractivity contribution in [2.24, 2.45) is 0 Å². The first-order chi connectivity index (χ1) is 9.51. The molecular weight excluding hydrogens is 302 g/mol. The fourth-order valence-electron chi connectivity index (χ4n) is 1.83. The molecule has 0 amide bonds. The third-order valence-corrected chi connectivity index (χ3v) is 3.30. The minimum Gasteiger partial charge on any atom is -0.496 e. The van der Waals surface area contributed by atoms with E-state index < -0.39 is 5.82 Å². The summed E-state index contributed by atoms with van der Waals surface area (Å²) >= 11 is 11.5. The molecule has 0 saturated carbocycles. The zero-order chi connectivity index (χ0) is 14.7. The van der Waals surface area contributed by atoms with E-state index in [0.29, 0.717) is 21.4 Å². The van der Waals surface area contributed by atoms with E-state index in [1.807, 2.05) is 0 Å². The van der Waals surface area contributed by atoms with Crippen LogP contribution in [0, 0.1) is 5.82 Å². The van der Waals surface area contributed by atoms with Gasteiger partial charge in [0.05, 0.1) is 12.7 Å². The van der Waals surface area contributed by atoms with Crippen molar-refractivity contribution >= 4 is 29.0 Å². The van der Waals surface area contributed by atoms with Gasteiger partial charge in [0, 0.05) is 16.5 Å². The average molecular weight is 313 g/mol. The smallest absolute Gasteiger partial charge is 0.171 e. The number of benzene rings is 2. The molecule has 2 rings (SSSR count). The Morgan fingerprint density at radius 2 is 1.80 bits per heavy atom. The Labute approximate surface area is 126 Å². The maximum atomic E-state index is 13.7. The molecule has 104 valence electrons. The molecule has 0 spiro atoms. The number of hydrogen-bond acceptors (Lipinski definition) is 2. The summed E-state index contributed by atoms with van der Waals surface area (Å²) in [5, 5.41) is 0.763. The molecule has 0 N–H and O–H groups in total. The second kappa shape index (κ2) is 6.25. The van der Waals surface area contributed by atoms with E-state index in [-0.39, 0.29) is 17.8 Å². The van der Waals surface area contributed by atoms with Crippen LogP contribution >= 0.6 is 23.2 Å². The Bertz CT molecular complexity index is 656. The van der Waals surface area contributed by atoms with Crippen LogP contribution in [0.25, 0.3) is 0 Å². The molecule has 0 bridgehead atoms. The number of methoxy groups -OCH3 is 1. The topological polar surface area (TPSA) is 26.3 Å². The number of hydrogen-bond donors (Lipinski definition) is 0. The molecule has 20 heavy (non-hydrogen) atoms. The van der Waals surface area contributed by atoms with Crippen molar-refractivity contribution < 1.29 is 13.9 Å². The first kappa shape index (κ1) is 14.8. The van der Waals surface area contributed by atoms with Crippen LogP contribution in [0.1, 0.15) is 15.9 Å². The first-order valence-electron chi connectivity index (χ1n) is 5.82. The number of ketones is 1. The molecule has 2 aromatic carbocycles. The monoisotopic (exact) mass is 312 g/mol. The Morgan fingerprint density at radius 3 is 2.45 bits per heavy atom. The highest BCUT2D eigenvalue weighted by Gasteiger charge is 2.15. The summed E-state index contributed by atoms with van der Waals surface area (Å²) in [4.78, 5) is 12.2. The van der Waals surface area contributed by atoms with Crippen LogP contribution in [-0.4, -0.2) is 12.9 Å². The highest BCUT2D eigenvalue weighted by Crippen LogP contribution is 2.25. The molecule has 0 heterocycles. The van der Waals surface area contributed by atoms with E-state index >= 15 is 0 Å². The first-order valence-corrected chi connectivity index (χ1v) is 6.57. The van der Waals surface area contributed by atoms with Crippen molar-refractivity contribution in [3.63, 3.8) is 0 Å². The van der Waals surface area contributed by atoms with Crippen LogP contribution in [0.15, 0.2) is 36.4 Å². The molecule has 0 radical (unpaired) electrons. The average Bonchev–Trinajstić information content (AvgIpc) is 2.41. The summed E-state index contributed by atoms with van der Waals surface area (Å²) in [7, 11) is 1.45. The Balaban J connectivity index is 2.28. The third-order valence-electron chi connectivity index (χ3n) is 2.83. The van der Waals surface area contributed by atoms with Crippen LogP contribution < -0.4 is 4.74 Å². The number of ether oxygens (including phenoxy) is 1. The number of carbonyl (C=O) groups is 1. The molecule has 0 aliphatic carbocycles. The van der Waals surface area contributed by atoms with Crippen molar-refractivity contribution in [2.75, 3.05) is 7.11 Å². The summed E-state index contributed by atoms with van der Waals surface area (Å²) in [5.74, 6) is -0.379. The fourth-order valence-corrected chi connectivity index (χ4v) is 2.15. The highest BCUT2D eigenvalue weighted by atomic mass is 35.5. The van der Waals surface area contributed by atoms with Crippen molar-refractivity contribution in [1.82, 2.24) is 0 Å². The molecule has 5 heteroatoms. The summed E-state index contributed by atoms with van der Waals surface area (Å²) in [5.41, 5.74) is 0.655. The van der Waals surface area contributed by atoms with E-state index in [1.54, 1.807) is 24.3 Å². The highest BCUT2D eigenvalue weighted by molar-refractivity contribution is 6.31. The largest absolute Gasteiger partial charge is 0.496 e. The van der Waals surface area contributed by atoms with E-state index in [1.165, 1.54) is 19.2 Å². The predicted molar refractivity (Wildman–Crippen MR) is 77.4 cm³/mol. The van der Waals surface area contributed by atoms with Gasteiger partial charge in [-0.1, -0.05) is 29.3 Å². The van der Waals surface area contributed by atoms with Crippen LogP contribution in [0.3, 0.4) is 0 Å². The van der Waals surface area contributed by atoms with Gasteiger partial charge in [-0.25, -0.2) is 4.39 Å². The maximum absolute atomic E-state index is 13.7. The molecule has 0 aliphatic rings. The van der Waals surface area contributed by atoms with Gasteiger partial charge in [0.2, 0.25) is 0 Å². The van der Waals surface area contributed by atoms with Gasteiger partial charge < -0.3 is 4.74 Å². The number of halogens is 3. The zero-order valence-electron chi connectivity index (χ0n) is 10.6. The quantitative estimate of drug-likeness (QED) is 0.773. The second-order valence-corrected chi connectivity index (χ2v) is 5.05. The zero-order valence-corrected chi connectivity index (χ0v) is 12.1. The van der Waals surface area contributed by atoms with Gasteiger partial charge in [-0.2, -0.15) is 0 Å². The molecule has 0 unspecified atom stereocenters. The standard InChI is InChI=1S/C15H11Cl2FO2/c1-20-15-8-11(17)4-5-12(15)14(19)6-9-2-3-10(16)7-13(9)18/h2-5,7-8H,6H2,1H3. The lowest BCUT2D eigenvalue weighted by Crippen LogP contribution is -2.07. The van der Waals surface area contributed by atoms with Gasteiger partial charge in [0.15, 0.2) is 5.78 Å². The minimum atomic E-state index is -0.501. The molecule has 0 atom stereocenters. The van der Waals surface area contributed by atoms with Gasteiger partial charge in [-0.05, 0) is 35.9 Å². The lowest BCUT2D eigenvalue weighted by molar-refractivity contribution is 0.0989. The maximum Gasteiger partial charge on any atom is 0.171 e. The molecule has 2 aromatic rings. The van der Waals surface area contributed by atoms with Gasteiger partial charge in [0.25, 0.3) is 0 Å². The van der Waals surface area contributed by atoms with Gasteiger partial charge >= 0.3 is 0 Å². The lowest BCUT2D eigenvalue weighted by Gasteiger charge is -2.08. The van der Waals surface area contributed by atoms with Crippen molar-refractivity contribution in [1.29, 1.82) is 0 Å². The fraction of sp³-hybridized carbons (Fsp3) is 0.133. The Morgan fingerprint density at radius 1 is 1.15 bits per heavy atom. The van der Waals surface area contributed by atoms with Gasteiger partial charge in [-0.3, -0.25) is 4.79 Å². The van der Waals surface area contributed by atoms with E-state index in [9.17, 15) is 9.18 Å². The summed E-state index contributed by atoms with van der Waals surface area (Å²) < 4.78 is 18.8. The number of Topliss-reactive ketones (excluding diaryl/α,β-unsaturated/α-hetero) is 1. The lowest BCUT2D eigenvalue weighted by atomic mass is 10.0. The van der Waals surface area contributed by atoms with Crippen molar-refractivity contribution in [3.05, 3.63) is 63.4 Å². The molecule has 0 aromatic heterocycles. The molecule has 2 nitrogen and oxygen atoms in total. The van der Waals surface area contributed by atoms with Crippen LogP contribution in [0.4, 0.5) is 4.39 Å². The van der Waals surface area contributed by atoms with Crippen LogP contribution in [0.2, 0.25) is 10.0 Å². The Hall–Kier alpha value is -1.58. The number of rotatable bonds is 4. The summed E-state index contributed by atoms with van der Waals surface area (Å²) in [6.07, 6.45) is -0.0685. The summed E-state index contributed by atoms with van der Waals surface area (Å²) in [6.45, 7) is 0. The normalized spacial score (nSPS) is 10.4. The van der Waals surface area contributed by atoms with Gasteiger partial charge in [0.1, 0.15) is 11.6 Å². The van der Waals surface area contributed by atoms with Crippen molar-refractivity contribution in [2.45, 2.75) is 6.42 Å². The molecule has 0 saturated heterocycles. The molecule has 0 aliphatic heterocycles. The van der Waals surface area contributed by atoms with E-state index in [4.69, 9.17) is 27.9 Å². The molecule has 0 fully saturated rings. The summed E-state index contributed by atoms with van der Waals surface area (Å²) in [6, 6.07) is 8.94. The van der Waals surface area contributed by atoms with Crippen molar-refractivity contribution in [3.8, 4) is 5.75 Å². The van der Waals surface area contributed by atoms with E-state index in [2.05, 4.69) is 0 Å². The second-order valence-electron chi connectivity index (χ2n) is 4.18.